The molecule has 1 aliphatic rings. The first-order valence-corrected chi connectivity index (χ1v) is 11.0. The van der Waals surface area contributed by atoms with Crippen LogP contribution in [-0.2, 0) is 20.1 Å². The van der Waals surface area contributed by atoms with Crippen LogP contribution in [0.15, 0.2) is 39.8 Å². The van der Waals surface area contributed by atoms with Gasteiger partial charge < -0.3 is 15.2 Å². The minimum absolute atomic E-state index is 0.00504. The fourth-order valence-corrected chi connectivity index (χ4v) is 4.43. The van der Waals surface area contributed by atoms with Gasteiger partial charge in [0, 0.05) is 45.1 Å². The van der Waals surface area contributed by atoms with E-state index in [4.69, 9.17) is 5.73 Å². The predicted octanol–water partition coefficient (Wildman–Crippen LogP) is 1.11. The highest BCUT2D eigenvalue weighted by molar-refractivity contribution is 5.90. The second-order valence-electron chi connectivity index (χ2n) is 8.68. The number of nitrogens with two attached hydrogens (primary N) is 1. The molecule has 0 amide bonds. The van der Waals surface area contributed by atoms with E-state index in [2.05, 4.69) is 20.9 Å². The van der Waals surface area contributed by atoms with Gasteiger partial charge in [-0.15, -0.1) is 0 Å². The number of anilines is 1. The molecule has 1 fully saturated rings. The van der Waals surface area contributed by atoms with Crippen LogP contribution in [-0.4, -0.2) is 42.8 Å². The molecule has 0 spiro atoms. The molecule has 10 heteroatoms. The Bertz CT molecular complexity index is 1370. The van der Waals surface area contributed by atoms with Gasteiger partial charge in [-0.05, 0) is 26.7 Å². The van der Waals surface area contributed by atoms with Crippen molar-refractivity contribution in [3.63, 3.8) is 0 Å². The molecule has 0 aromatic carbocycles. The van der Waals surface area contributed by atoms with Crippen molar-refractivity contribution in [3.8, 4) is 6.07 Å². The third kappa shape index (κ3) is 4.07. The second-order valence-corrected chi connectivity index (χ2v) is 8.68. The fraction of sp³-hybridized carbons (Fsp3) is 0.435. The summed E-state index contributed by atoms with van der Waals surface area (Å²) in [6, 6.07) is 2.25. The first kappa shape index (κ1) is 22.5. The summed E-state index contributed by atoms with van der Waals surface area (Å²) in [4.78, 5) is 37.2. The van der Waals surface area contributed by atoms with Gasteiger partial charge in [0.25, 0.3) is 5.56 Å². The second kappa shape index (κ2) is 9.03. The highest BCUT2D eigenvalue weighted by atomic mass is 16.2. The van der Waals surface area contributed by atoms with Crippen LogP contribution in [0.1, 0.15) is 37.9 Å². The minimum Gasteiger partial charge on any atom is -0.355 e. The molecule has 1 unspecified atom stereocenters. The molecule has 0 radical (unpaired) electrons. The Labute approximate surface area is 191 Å². The number of fused-ring (bicyclic) bond motifs is 1. The van der Waals surface area contributed by atoms with E-state index in [1.165, 1.54) is 23.2 Å². The van der Waals surface area contributed by atoms with Gasteiger partial charge in [-0.25, -0.2) is 4.79 Å². The molecule has 172 valence electrons. The lowest BCUT2D eigenvalue weighted by atomic mass is 10.1. The zero-order valence-corrected chi connectivity index (χ0v) is 19.2. The van der Waals surface area contributed by atoms with Gasteiger partial charge in [0.05, 0.1) is 24.0 Å². The standard InChI is InChI=1S/C23H28N8O2/c1-15(2)6-10-30-20-19(18(11-24)21(30)29-9-4-5-16(25)13-29)28(3)23(33)31(22(20)32)14-17-12-26-7-8-27-17/h6-8,12,16H,4-5,9-10,13-14,25H2,1-3H3. The van der Waals surface area contributed by atoms with Gasteiger partial charge in [-0.3, -0.25) is 23.9 Å². The Balaban J connectivity index is 2.04. The van der Waals surface area contributed by atoms with E-state index in [-0.39, 0.29) is 12.6 Å². The Morgan fingerprint density at radius 2 is 2.06 bits per heavy atom. The summed E-state index contributed by atoms with van der Waals surface area (Å²) in [6.07, 6.45) is 8.40. The zero-order chi connectivity index (χ0) is 23.7. The topological polar surface area (TPSA) is 128 Å². The molecule has 2 N–H and O–H groups in total. The monoisotopic (exact) mass is 448 g/mol. The Morgan fingerprint density at radius 3 is 2.70 bits per heavy atom. The van der Waals surface area contributed by atoms with E-state index < -0.39 is 11.2 Å². The molecule has 0 bridgehead atoms. The highest BCUT2D eigenvalue weighted by Gasteiger charge is 2.29. The SMILES string of the molecule is CC(C)=CCn1c(N2CCCC(N)C2)c(C#N)c2c1c(=O)n(Cc1cnccn1)c(=O)n2C. The molecule has 1 saturated heterocycles. The van der Waals surface area contributed by atoms with Gasteiger partial charge in [0.1, 0.15) is 23.0 Å². The van der Waals surface area contributed by atoms with Crippen LogP contribution in [0.25, 0.3) is 11.0 Å². The van der Waals surface area contributed by atoms with Crippen molar-refractivity contribution in [2.24, 2.45) is 12.8 Å². The van der Waals surface area contributed by atoms with Gasteiger partial charge in [-0.1, -0.05) is 11.6 Å². The molecule has 3 aromatic heterocycles. The summed E-state index contributed by atoms with van der Waals surface area (Å²) < 4.78 is 4.39. The molecule has 1 aliphatic heterocycles. The zero-order valence-electron chi connectivity index (χ0n) is 19.2. The van der Waals surface area contributed by atoms with Crippen LogP contribution in [0.4, 0.5) is 5.82 Å². The first-order chi connectivity index (χ1) is 15.8. The highest BCUT2D eigenvalue weighted by Crippen LogP contribution is 2.32. The summed E-state index contributed by atoms with van der Waals surface area (Å²) >= 11 is 0. The molecule has 1 atom stereocenters. The Kier molecular flexibility index (Phi) is 6.16. The van der Waals surface area contributed by atoms with Crippen LogP contribution < -0.4 is 21.9 Å². The van der Waals surface area contributed by atoms with E-state index in [9.17, 15) is 14.9 Å². The third-order valence-electron chi connectivity index (χ3n) is 6.00. The Hall–Kier alpha value is -3.71. The molecule has 3 aromatic rings. The number of rotatable bonds is 5. The van der Waals surface area contributed by atoms with Crippen LogP contribution in [0.5, 0.6) is 0 Å². The molecule has 4 rings (SSSR count). The number of hydrogen-bond donors (Lipinski definition) is 1. The van der Waals surface area contributed by atoms with E-state index >= 15 is 0 Å². The molecule has 0 saturated carbocycles. The van der Waals surface area contributed by atoms with Crippen molar-refractivity contribution >= 4 is 16.9 Å². The smallest absolute Gasteiger partial charge is 0.331 e. The fourth-order valence-electron chi connectivity index (χ4n) is 4.43. The number of aromatic nitrogens is 5. The van der Waals surface area contributed by atoms with Crippen LogP contribution in [0, 0.1) is 11.3 Å². The van der Waals surface area contributed by atoms with Crippen LogP contribution >= 0.6 is 0 Å². The maximum absolute atomic E-state index is 13.7. The average Bonchev–Trinajstić information content (AvgIpc) is 3.14. The van der Waals surface area contributed by atoms with E-state index in [1.54, 1.807) is 7.05 Å². The molecular weight excluding hydrogens is 420 g/mol. The van der Waals surface area contributed by atoms with Crippen molar-refractivity contribution < 1.29 is 0 Å². The molecule has 10 nitrogen and oxygen atoms in total. The van der Waals surface area contributed by atoms with Gasteiger partial charge >= 0.3 is 5.69 Å². The van der Waals surface area contributed by atoms with Crippen LogP contribution in [0.3, 0.4) is 0 Å². The van der Waals surface area contributed by atoms with Crippen molar-refractivity contribution in [2.75, 3.05) is 18.0 Å². The minimum atomic E-state index is -0.504. The van der Waals surface area contributed by atoms with Crippen molar-refractivity contribution in [2.45, 2.75) is 45.8 Å². The van der Waals surface area contributed by atoms with Gasteiger partial charge in [0.15, 0.2) is 0 Å². The lowest BCUT2D eigenvalue weighted by Crippen LogP contribution is -2.44. The summed E-state index contributed by atoms with van der Waals surface area (Å²) in [6.45, 7) is 5.68. The van der Waals surface area contributed by atoms with E-state index in [0.717, 1.165) is 29.5 Å². The van der Waals surface area contributed by atoms with Gasteiger partial charge in [0.2, 0.25) is 0 Å². The first-order valence-electron chi connectivity index (χ1n) is 11.0. The third-order valence-corrected chi connectivity index (χ3v) is 6.00. The number of allylic oxidation sites excluding steroid dienone is 2. The predicted molar refractivity (Wildman–Crippen MR) is 126 cm³/mol. The maximum Gasteiger partial charge on any atom is 0.331 e. The largest absolute Gasteiger partial charge is 0.355 e. The molecular formula is C23H28N8O2. The summed E-state index contributed by atoms with van der Waals surface area (Å²) in [5, 5.41) is 10.1. The molecule has 4 heterocycles. The average molecular weight is 449 g/mol. The lowest BCUT2D eigenvalue weighted by Gasteiger charge is -2.33. The summed E-state index contributed by atoms with van der Waals surface area (Å²) in [5.41, 5.74) is 7.86. The quantitative estimate of drug-likeness (QED) is 0.579. The number of aryl methyl sites for hydroxylation is 1. The normalized spacial score (nSPS) is 16.1. The van der Waals surface area contributed by atoms with Crippen molar-refractivity contribution in [1.82, 2.24) is 23.7 Å². The van der Waals surface area contributed by atoms with Crippen molar-refractivity contribution in [1.29, 1.82) is 5.26 Å². The molecule has 33 heavy (non-hydrogen) atoms. The molecule has 0 aliphatic carbocycles. The van der Waals surface area contributed by atoms with Gasteiger partial charge in [-0.2, -0.15) is 5.26 Å². The van der Waals surface area contributed by atoms with E-state index in [1.807, 2.05) is 24.5 Å². The summed E-state index contributed by atoms with van der Waals surface area (Å²) in [5.74, 6) is 0.643. The lowest BCUT2D eigenvalue weighted by molar-refractivity contribution is 0.498. The van der Waals surface area contributed by atoms with Crippen molar-refractivity contribution in [3.05, 3.63) is 62.3 Å². The number of nitrogens with zero attached hydrogens (tertiary/aromatic N) is 7. The number of piperidine rings is 1. The Morgan fingerprint density at radius 1 is 1.27 bits per heavy atom. The maximum atomic E-state index is 13.7. The summed E-state index contributed by atoms with van der Waals surface area (Å²) in [7, 11) is 1.59. The van der Waals surface area contributed by atoms with E-state index in [0.29, 0.717) is 41.2 Å². The number of nitriles is 1. The number of hydrogen-bond acceptors (Lipinski definition) is 7. The van der Waals surface area contributed by atoms with Crippen LogP contribution in [0.2, 0.25) is 0 Å².